The lowest BCUT2D eigenvalue weighted by Gasteiger charge is -2.16. The number of nitrogens with zero attached hydrogens (tertiary/aromatic N) is 2. The molecule has 1 heterocycles. The maximum Gasteiger partial charge on any atom is 0.243 e. The molecule has 0 aliphatic carbocycles. The molecular formula is C15H14BrN3O2S. The summed E-state index contributed by atoms with van der Waals surface area (Å²) >= 11 is 3.29. The van der Waals surface area contributed by atoms with E-state index in [1.54, 1.807) is 31.3 Å². The van der Waals surface area contributed by atoms with E-state index < -0.39 is 10.0 Å². The van der Waals surface area contributed by atoms with Crippen molar-refractivity contribution in [1.82, 2.24) is 14.3 Å². The minimum Gasteiger partial charge on any atom is -0.341 e. The van der Waals surface area contributed by atoms with Crippen LogP contribution in [0.25, 0.3) is 11.0 Å². The van der Waals surface area contributed by atoms with Gasteiger partial charge in [-0.2, -0.15) is 4.31 Å². The molecule has 7 heteroatoms. The summed E-state index contributed by atoms with van der Waals surface area (Å²) in [6.45, 7) is 0.184. The van der Waals surface area contributed by atoms with E-state index in [0.717, 1.165) is 15.5 Å². The fourth-order valence-corrected chi connectivity index (χ4v) is 3.91. The van der Waals surface area contributed by atoms with Crippen LogP contribution in [0.5, 0.6) is 0 Å². The minimum absolute atomic E-state index is 0.184. The van der Waals surface area contributed by atoms with E-state index in [2.05, 4.69) is 25.9 Å². The fraction of sp³-hybridized carbons (Fsp3) is 0.133. The van der Waals surface area contributed by atoms with Crippen molar-refractivity contribution in [3.8, 4) is 0 Å². The number of fused-ring (bicyclic) bond motifs is 1. The van der Waals surface area contributed by atoms with Gasteiger partial charge in [0.25, 0.3) is 0 Å². The predicted molar refractivity (Wildman–Crippen MR) is 88.9 cm³/mol. The second kappa shape index (κ2) is 5.83. The van der Waals surface area contributed by atoms with Crippen LogP contribution in [0, 0.1) is 0 Å². The molecular weight excluding hydrogens is 366 g/mol. The lowest BCUT2D eigenvalue weighted by Crippen LogP contribution is -2.27. The maximum absolute atomic E-state index is 12.6. The molecule has 0 spiro atoms. The number of halogens is 1. The SMILES string of the molecule is CN(Cc1nc2ccccc2[nH]1)S(=O)(=O)c1cccc(Br)c1. The van der Waals surface area contributed by atoms with Crippen molar-refractivity contribution in [1.29, 1.82) is 0 Å². The zero-order valence-corrected chi connectivity index (χ0v) is 14.2. The van der Waals surface area contributed by atoms with Gasteiger partial charge in [0.15, 0.2) is 0 Å². The largest absolute Gasteiger partial charge is 0.341 e. The Balaban J connectivity index is 1.88. The molecule has 0 aliphatic heterocycles. The summed E-state index contributed by atoms with van der Waals surface area (Å²) in [5.74, 6) is 0.613. The van der Waals surface area contributed by atoms with E-state index in [-0.39, 0.29) is 11.4 Å². The number of benzene rings is 2. The molecule has 0 saturated carbocycles. The van der Waals surface area contributed by atoms with E-state index in [9.17, 15) is 8.42 Å². The van der Waals surface area contributed by atoms with Crippen LogP contribution in [0.2, 0.25) is 0 Å². The first kappa shape index (κ1) is 15.2. The summed E-state index contributed by atoms with van der Waals surface area (Å²) in [7, 11) is -2.01. The molecule has 0 unspecified atom stereocenters. The second-order valence-corrected chi connectivity index (χ2v) is 7.88. The Bertz CT molecular complexity index is 888. The molecule has 114 valence electrons. The van der Waals surface area contributed by atoms with Gasteiger partial charge in [-0.1, -0.05) is 34.1 Å². The number of H-pyrrole nitrogens is 1. The Kier molecular flexibility index (Phi) is 4.03. The van der Waals surface area contributed by atoms with Gasteiger partial charge in [0, 0.05) is 11.5 Å². The predicted octanol–water partition coefficient (Wildman–Crippen LogP) is 3.15. The number of nitrogens with one attached hydrogen (secondary N) is 1. The zero-order valence-electron chi connectivity index (χ0n) is 11.8. The first-order chi connectivity index (χ1) is 10.5. The number of aromatic nitrogens is 2. The van der Waals surface area contributed by atoms with Crippen molar-refractivity contribution in [2.75, 3.05) is 7.05 Å². The van der Waals surface area contributed by atoms with Crippen molar-refractivity contribution in [2.45, 2.75) is 11.4 Å². The van der Waals surface area contributed by atoms with Crippen molar-refractivity contribution < 1.29 is 8.42 Å². The summed E-state index contributed by atoms with van der Waals surface area (Å²) in [5, 5.41) is 0. The molecule has 1 N–H and O–H groups in total. The Morgan fingerprint density at radius 3 is 2.68 bits per heavy atom. The first-order valence-corrected chi connectivity index (χ1v) is 8.86. The normalized spacial score (nSPS) is 12.1. The smallest absolute Gasteiger partial charge is 0.243 e. The zero-order chi connectivity index (χ0) is 15.7. The lowest BCUT2D eigenvalue weighted by molar-refractivity contribution is 0.458. The lowest BCUT2D eigenvalue weighted by atomic mass is 10.3. The summed E-state index contributed by atoms with van der Waals surface area (Å²) in [5.41, 5.74) is 1.72. The second-order valence-electron chi connectivity index (χ2n) is 4.92. The van der Waals surface area contributed by atoms with Gasteiger partial charge in [0.1, 0.15) is 5.82 Å². The number of aromatic amines is 1. The molecule has 5 nitrogen and oxygen atoms in total. The topological polar surface area (TPSA) is 66.1 Å². The molecule has 1 aromatic heterocycles. The van der Waals surface area contributed by atoms with Crippen molar-refractivity contribution >= 4 is 37.0 Å². The van der Waals surface area contributed by atoms with Crippen LogP contribution in [0.1, 0.15) is 5.82 Å². The Hall–Kier alpha value is -1.70. The number of para-hydroxylation sites is 2. The van der Waals surface area contributed by atoms with E-state index >= 15 is 0 Å². The Morgan fingerprint density at radius 2 is 1.95 bits per heavy atom. The van der Waals surface area contributed by atoms with Gasteiger partial charge in [0.05, 0.1) is 22.5 Å². The van der Waals surface area contributed by atoms with Crippen LogP contribution in [-0.2, 0) is 16.6 Å². The quantitative estimate of drug-likeness (QED) is 0.756. The van der Waals surface area contributed by atoms with Gasteiger partial charge in [-0.05, 0) is 30.3 Å². The highest BCUT2D eigenvalue weighted by Crippen LogP contribution is 2.20. The van der Waals surface area contributed by atoms with Gasteiger partial charge in [0.2, 0.25) is 10.0 Å². The highest BCUT2D eigenvalue weighted by Gasteiger charge is 2.22. The van der Waals surface area contributed by atoms with Crippen molar-refractivity contribution in [3.05, 3.63) is 58.8 Å². The summed E-state index contributed by atoms with van der Waals surface area (Å²) in [6.07, 6.45) is 0. The van der Waals surface area contributed by atoms with E-state index in [1.165, 1.54) is 4.31 Å². The molecule has 2 aromatic carbocycles. The third-order valence-corrected chi connectivity index (χ3v) is 5.61. The monoisotopic (exact) mass is 379 g/mol. The molecule has 0 saturated heterocycles. The molecule has 0 bridgehead atoms. The molecule has 0 amide bonds. The molecule has 3 rings (SSSR count). The fourth-order valence-electron chi connectivity index (χ4n) is 2.18. The number of sulfonamides is 1. The van der Waals surface area contributed by atoms with Gasteiger partial charge in [-0.3, -0.25) is 0 Å². The first-order valence-electron chi connectivity index (χ1n) is 6.62. The third-order valence-electron chi connectivity index (χ3n) is 3.32. The maximum atomic E-state index is 12.6. The Labute approximate surface area is 137 Å². The van der Waals surface area contributed by atoms with E-state index in [4.69, 9.17) is 0 Å². The number of rotatable bonds is 4. The van der Waals surface area contributed by atoms with E-state index in [0.29, 0.717) is 5.82 Å². The molecule has 0 aliphatic rings. The van der Waals surface area contributed by atoms with Crippen molar-refractivity contribution in [2.24, 2.45) is 0 Å². The molecule has 3 aromatic rings. The highest BCUT2D eigenvalue weighted by atomic mass is 79.9. The van der Waals surface area contributed by atoms with Crippen LogP contribution in [-0.4, -0.2) is 29.7 Å². The van der Waals surface area contributed by atoms with Gasteiger partial charge >= 0.3 is 0 Å². The average Bonchev–Trinajstić information content (AvgIpc) is 2.89. The summed E-state index contributed by atoms with van der Waals surface area (Å²) < 4.78 is 27.1. The molecule has 0 atom stereocenters. The number of hydrogen-bond donors (Lipinski definition) is 1. The summed E-state index contributed by atoms with van der Waals surface area (Å²) in [4.78, 5) is 7.79. The van der Waals surface area contributed by atoms with Gasteiger partial charge in [-0.15, -0.1) is 0 Å². The average molecular weight is 380 g/mol. The van der Waals surface area contributed by atoms with Crippen LogP contribution >= 0.6 is 15.9 Å². The van der Waals surface area contributed by atoms with Gasteiger partial charge in [-0.25, -0.2) is 13.4 Å². The van der Waals surface area contributed by atoms with Crippen molar-refractivity contribution in [3.63, 3.8) is 0 Å². The number of hydrogen-bond acceptors (Lipinski definition) is 3. The highest BCUT2D eigenvalue weighted by molar-refractivity contribution is 9.10. The van der Waals surface area contributed by atoms with Crippen LogP contribution in [0.4, 0.5) is 0 Å². The third kappa shape index (κ3) is 2.92. The van der Waals surface area contributed by atoms with Crippen LogP contribution < -0.4 is 0 Å². The minimum atomic E-state index is -3.55. The van der Waals surface area contributed by atoms with Crippen LogP contribution in [0.3, 0.4) is 0 Å². The van der Waals surface area contributed by atoms with Gasteiger partial charge < -0.3 is 4.98 Å². The van der Waals surface area contributed by atoms with E-state index in [1.807, 2.05) is 24.3 Å². The van der Waals surface area contributed by atoms with Crippen LogP contribution in [0.15, 0.2) is 57.9 Å². The molecule has 22 heavy (non-hydrogen) atoms. The summed E-state index contributed by atoms with van der Waals surface area (Å²) in [6, 6.07) is 14.3. The Morgan fingerprint density at radius 1 is 1.18 bits per heavy atom. The standard InChI is InChI=1S/C15H14BrN3O2S/c1-19(22(20,21)12-6-4-5-11(16)9-12)10-15-17-13-7-2-3-8-14(13)18-15/h2-9H,10H2,1H3,(H,17,18). The molecule has 0 fully saturated rings. The molecule has 0 radical (unpaired) electrons. The number of imidazole rings is 1.